The number of aromatic nitrogens is 4. The molecule has 10 nitrogen and oxygen atoms in total. The van der Waals surface area contributed by atoms with Gasteiger partial charge in [-0.2, -0.15) is 4.98 Å². The van der Waals surface area contributed by atoms with Crippen molar-refractivity contribution in [2.75, 3.05) is 35.7 Å². The summed E-state index contributed by atoms with van der Waals surface area (Å²) < 4.78 is 18.0. The maximum Gasteiger partial charge on any atom is 0.404 e. The first-order valence-electron chi connectivity index (χ1n) is 11.3. The Labute approximate surface area is 204 Å². The van der Waals surface area contributed by atoms with Crippen molar-refractivity contribution in [1.29, 1.82) is 0 Å². The first-order chi connectivity index (χ1) is 16.4. The monoisotopic (exact) mass is 503 g/mol. The largest absolute Gasteiger partial charge is 0.447 e. The molecule has 4 heterocycles. The van der Waals surface area contributed by atoms with Gasteiger partial charge in [0.15, 0.2) is 5.82 Å². The van der Waals surface area contributed by atoms with Gasteiger partial charge in [-0.15, -0.1) is 0 Å². The molecule has 0 unspecified atom stereocenters. The van der Waals surface area contributed by atoms with E-state index in [2.05, 4.69) is 26.3 Å². The quantitative estimate of drug-likeness (QED) is 0.609. The van der Waals surface area contributed by atoms with Gasteiger partial charge in [0, 0.05) is 37.7 Å². The van der Waals surface area contributed by atoms with Crippen LogP contribution in [0.1, 0.15) is 43.6 Å². The molecule has 180 valence electrons. The summed E-state index contributed by atoms with van der Waals surface area (Å²) >= 11 is 5.90. The Balaban J connectivity index is 1.41. The van der Waals surface area contributed by atoms with Crippen molar-refractivity contribution < 1.29 is 13.7 Å². The SMILES string of the molecule is NC(=O)OCC1(Nc2nc(N3CC=C(c4ncc(Cl)cn4)CC3)nc3c2[S@@](=O)CC3)CCCC1. The van der Waals surface area contributed by atoms with Crippen molar-refractivity contribution in [1.82, 2.24) is 19.9 Å². The Kier molecular flexibility index (Phi) is 6.39. The van der Waals surface area contributed by atoms with Crippen LogP contribution in [0, 0.1) is 0 Å². The average Bonchev–Trinajstić information content (AvgIpc) is 3.45. The van der Waals surface area contributed by atoms with Crippen LogP contribution in [0.15, 0.2) is 23.4 Å². The van der Waals surface area contributed by atoms with Crippen LogP contribution in [0.5, 0.6) is 0 Å². The molecule has 2 aromatic rings. The molecule has 2 aromatic heterocycles. The molecular formula is C22H26ClN7O3S. The molecule has 2 aliphatic heterocycles. The lowest BCUT2D eigenvalue weighted by molar-refractivity contribution is 0.132. The standard InChI is InChI=1S/C22H26ClN7O3S/c23-15-11-25-18(26-12-15)14-3-8-30(9-4-14)21-27-16-5-10-34(32)17(16)19(28-21)29-22(6-1-2-7-22)13-33-20(24)31/h3,11-12H,1-2,4-10,13H2,(H2,24,31)(H,27,28,29)/t34-/m0/s1. The lowest BCUT2D eigenvalue weighted by Crippen LogP contribution is -2.42. The van der Waals surface area contributed by atoms with Crippen molar-refractivity contribution in [2.24, 2.45) is 5.73 Å². The number of nitrogens with two attached hydrogens (primary N) is 1. The zero-order chi connectivity index (χ0) is 23.7. The summed E-state index contributed by atoms with van der Waals surface area (Å²) in [6.07, 6.45) is 9.50. The van der Waals surface area contributed by atoms with Gasteiger partial charge in [0.1, 0.15) is 17.3 Å². The van der Waals surface area contributed by atoms with E-state index in [-0.39, 0.29) is 6.61 Å². The second-order valence-electron chi connectivity index (χ2n) is 8.82. The van der Waals surface area contributed by atoms with Gasteiger partial charge in [-0.3, -0.25) is 4.21 Å². The first kappa shape index (κ1) is 23.0. The Morgan fingerprint density at radius 2 is 2.00 bits per heavy atom. The molecular weight excluding hydrogens is 478 g/mol. The predicted octanol–water partition coefficient (Wildman–Crippen LogP) is 2.70. The predicted molar refractivity (Wildman–Crippen MR) is 129 cm³/mol. The van der Waals surface area contributed by atoms with Gasteiger partial charge in [-0.25, -0.2) is 19.7 Å². The van der Waals surface area contributed by atoms with Crippen LogP contribution in [-0.2, 0) is 22.0 Å². The van der Waals surface area contributed by atoms with Gasteiger partial charge in [0.05, 0.1) is 27.1 Å². The minimum absolute atomic E-state index is 0.153. The number of hydrogen-bond donors (Lipinski definition) is 2. The number of halogens is 1. The topological polar surface area (TPSA) is 136 Å². The molecule has 1 fully saturated rings. The van der Waals surface area contributed by atoms with Crippen molar-refractivity contribution >= 4 is 45.8 Å². The third-order valence-corrected chi connectivity index (χ3v) is 8.16. The van der Waals surface area contributed by atoms with Gasteiger partial charge < -0.3 is 20.7 Å². The van der Waals surface area contributed by atoms with Gasteiger partial charge in [-0.1, -0.05) is 30.5 Å². The van der Waals surface area contributed by atoms with Crippen molar-refractivity contribution in [3.05, 3.63) is 35.0 Å². The number of rotatable bonds is 6. The molecule has 12 heteroatoms. The number of nitrogens with zero attached hydrogens (tertiary/aromatic N) is 5. The molecule has 0 radical (unpaired) electrons. The van der Waals surface area contributed by atoms with Crippen LogP contribution in [-0.4, -0.2) is 61.2 Å². The lowest BCUT2D eigenvalue weighted by atomic mass is 9.99. The van der Waals surface area contributed by atoms with Crippen molar-refractivity contribution in [3.63, 3.8) is 0 Å². The number of amides is 1. The number of fused-ring (bicyclic) bond motifs is 1. The molecule has 1 saturated carbocycles. The maximum absolute atomic E-state index is 12.8. The van der Waals surface area contributed by atoms with E-state index in [4.69, 9.17) is 32.0 Å². The number of nitrogens with one attached hydrogen (secondary N) is 1. The van der Waals surface area contributed by atoms with Gasteiger partial charge in [0.2, 0.25) is 5.95 Å². The number of ether oxygens (including phenoxy) is 1. The van der Waals surface area contributed by atoms with E-state index < -0.39 is 22.4 Å². The molecule has 0 spiro atoms. The Hall–Kier alpha value is -2.79. The van der Waals surface area contributed by atoms with Crippen LogP contribution >= 0.6 is 11.6 Å². The Bertz CT molecular complexity index is 1150. The van der Waals surface area contributed by atoms with Crippen LogP contribution in [0.2, 0.25) is 5.02 Å². The Morgan fingerprint density at radius 1 is 1.24 bits per heavy atom. The number of anilines is 2. The lowest BCUT2D eigenvalue weighted by Gasteiger charge is -2.32. The van der Waals surface area contributed by atoms with Gasteiger partial charge in [0.25, 0.3) is 0 Å². The Morgan fingerprint density at radius 3 is 2.68 bits per heavy atom. The number of carbonyl (C=O) groups excluding carboxylic acids is 1. The summed E-state index contributed by atoms with van der Waals surface area (Å²) in [4.78, 5) is 32.2. The van der Waals surface area contributed by atoms with Crippen LogP contribution in [0.25, 0.3) is 5.57 Å². The minimum atomic E-state index is -1.16. The first-order valence-corrected chi connectivity index (χ1v) is 13.0. The molecule has 1 amide bonds. The molecule has 0 bridgehead atoms. The molecule has 0 aromatic carbocycles. The summed E-state index contributed by atoms with van der Waals surface area (Å²) in [6.45, 7) is 1.47. The van der Waals surface area contributed by atoms with Crippen LogP contribution < -0.4 is 16.0 Å². The van der Waals surface area contributed by atoms with E-state index in [1.54, 1.807) is 12.4 Å². The highest BCUT2D eigenvalue weighted by Crippen LogP contribution is 2.37. The molecule has 3 aliphatic rings. The van der Waals surface area contributed by atoms with Gasteiger partial charge >= 0.3 is 6.09 Å². The van der Waals surface area contributed by atoms with E-state index in [0.717, 1.165) is 43.4 Å². The van der Waals surface area contributed by atoms with Gasteiger partial charge in [-0.05, 0) is 24.8 Å². The second kappa shape index (κ2) is 9.46. The minimum Gasteiger partial charge on any atom is -0.447 e. The van der Waals surface area contributed by atoms with Crippen molar-refractivity contribution in [3.8, 4) is 0 Å². The summed E-state index contributed by atoms with van der Waals surface area (Å²) in [5, 5.41) is 4.01. The third kappa shape index (κ3) is 4.72. The fourth-order valence-corrected chi connectivity index (χ4v) is 6.16. The number of carbonyl (C=O) groups is 1. The number of primary amides is 1. The average molecular weight is 504 g/mol. The molecule has 34 heavy (non-hydrogen) atoms. The third-order valence-electron chi connectivity index (χ3n) is 6.51. The van der Waals surface area contributed by atoms with Crippen LogP contribution in [0.4, 0.5) is 16.6 Å². The van der Waals surface area contributed by atoms with Crippen molar-refractivity contribution in [2.45, 2.75) is 49.0 Å². The fourth-order valence-electron chi connectivity index (χ4n) is 4.76. The summed E-state index contributed by atoms with van der Waals surface area (Å²) in [7, 11) is -1.16. The maximum atomic E-state index is 12.8. The molecule has 1 aliphatic carbocycles. The highest BCUT2D eigenvalue weighted by molar-refractivity contribution is 7.85. The number of hydrogen-bond acceptors (Lipinski definition) is 9. The van der Waals surface area contributed by atoms with E-state index in [1.807, 2.05) is 0 Å². The van der Waals surface area contributed by atoms with E-state index in [9.17, 15) is 9.00 Å². The normalized spacial score (nSPS) is 21.1. The van der Waals surface area contributed by atoms with E-state index in [0.29, 0.717) is 52.8 Å². The fraction of sp³-hybridized carbons (Fsp3) is 0.500. The van der Waals surface area contributed by atoms with Crippen LogP contribution in [0.3, 0.4) is 0 Å². The van der Waals surface area contributed by atoms with E-state index in [1.165, 1.54) is 0 Å². The molecule has 1 atom stereocenters. The summed E-state index contributed by atoms with van der Waals surface area (Å²) in [5.74, 6) is 2.37. The van der Waals surface area contributed by atoms with E-state index >= 15 is 0 Å². The molecule has 0 saturated heterocycles. The number of aryl methyl sites for hydroxylation is 1. The smallest absolute Gasteiger partial charge is 0.404 e. The highest BCUT2D eigenvalue weighted by Gasteiger charge is 2.38. The summed E-state index contributed by atoms with van der Waals surface area (Å²) in [6, 6.07) is 0. The zero-order valence-corrected chi connectivity index (χ0v) is 20.2. The zero-order valence-electron chi connectivity index (χ0n) is 18.6. The molecule has 5 rings (SSSR count). The highest BCUT2D eigenvalue weighted by atomic mass is 35.5. The second-order valence-corrected chi connectivity index (χ2v) is 10.8. The molecule has 3 N–H and O–H groups in total. The summed E-state index contributed by atoms with van der Waals surface area (Å²) in [5.41, 5.74) is 6.62.